The van der Waals surface area contributed by atoms with Crippen LogP contribution in [0.5, 0.6) is 5.75 Å². The minimum Gasteiger partial charge on any atom is -0.494 e. The number of rotatable bonds is 6. The van der Waals surface area contributed by atoms with E-state index in [1.54, 1.807) is 29.2 Å². The minimum absolute atomic E-state index is 0.159. The van der Waals surface area contributed by atoms with Crippen molar-refractivity contribution in [2.24, 2.45) is 0 Å². The number of hydrogen-bond donors (Lipinski definition) is 0. The smallest absolute Gasteiger partial charge is 0.416 e. The minimum atomic E-state index is -4.85. The number of nitro benzene ring substituents is 1. The van der Waals surface area contributed by atoms with E-state index in [-0.39, 0.29) is 15.9 Å². The van der Waals surface area contributed by atoms with Gasteiger partial charge in [0.2, 0.25) is 0 Å². The average molecular weight is 523 g/mol. The summed E-state index contributed by atoms with van der Waals surface area (Å²) in [6.07, 6.45) is -4.41. The average Bonchev–Trinajstić information content (AvgIpc) is 2.84. The number of benzene rings is 2. The Balaban J connectivity index is 1.49. The molecule has 36 heavy (non-hydrogen) atoms. The van der Waals surface area contributed by atoms with Gasteiger partial charge in [-0.3, -0.25) is 14.9 Å². The number of non-ortho nitro benzene ring substituents is 1. The van der Waals surface area contributed by atoms with E-state index in [9.17, 15) is 32.9 Å². The predicted octanol–water partition coefficient (Wildman–Crippen LogP) is 4.81. The normalized spacial score (nSPS) is 14.6. The van der Waals surface area contributed by atoms with Gasteiger partial charge in [-0.15, -0.1) is 0 Å². The molecule has 0 saturated carbocycles. The molecule has 1 aromatic heterocycles. The number of nitro groups is 1. The molecule has 3 aromatic rings. The first-order valence-corrected chi connectivity index (χ1v) is 11.8. The third-order valence-corrected chi connectivity index (χ3v) is 6.77. The number of ether oxygens (including phenoxy) is 2. The van der Waals surface area contributed by atoms with Crippen LogP contribution < -0.4 is 15.2 Å². The summed E-state index contributed by atoms with van der Waals surface area (Å²) in [5, 5.41) is 11.2. The molecule has 0 bridgehead atoms. The molecule has 13 heteroatoms. The predicted molar refractivity (Wildman–Crippen MR) is 126 cm³/mol. The number of esters is 1. The van der Waals surface area contributed by atoms with E-state index in [0.717, 1.165) is 11.3 Å². The van der Waals surface area contributed by atoms with Gasteiger partial charge in [0.05, 0.1) is 28.0 Å². The lowest BCUT2D eigenvalue weighted by Gasteiger charge is -2.31. The second-order valence-electron chi connectivity index (χ2n) is 7.98. The molecule has 1 aliphatic heterocycles. The maximum Gasteiger partial charge on any atom is 0.416 e. The van der Waals surface area contributed by atoms with Crippen molar-refractivity contribution in [3.05, 3.63) is 68.0 Å². The quantitative estimate of drug-likeness (QED) is 0.257. The Bertz CT molecular complexity index is 1350. The van der Waals surface area contributed by atoms with Gasteiger partial charge in [0.15, 0.2) is 5.13 Å². The fraction of sp³-hybridized carbons (Fsp3) is 0.348. The molecule has 1 fully saturated rings. The third-order valence-electron chi connectivity index (χ3n) is 5.60. The lowest BCUT2D eigenvalue weighted by Crippen LogP contribution is -2.38. The van der Waals surface area contributed by atoms with Crippen molar-refractivity contribution < 1.29 is 32.4 Å². The van der Waals surface area contributed by atoms with Crippen molar-refractivity contribution in [1.82, 2.24) is 4.98 Å². The van der Waals surface area contributed by atoms with Gasteiger partial charge < -0.3 is 14.4 Å². The summed E-state index contributed by atoms with van der Waals surface area (Å²) < 4.78 is 50.2. The molecule has 1 aliphatic rings. The monoisotopic (exact) mass is 523 g/mol. The molecule has 1 saturated heterocycles. The molecule has 0 amide bonds. The number of halogens is 3. The number of carbonyl (C=O) groups is 1. The highest BCUT2D eigenvalue weighted by molar-refractivity contribution is 7.22. The highest BCUT2D eigenvalue weighted by Gasteiger charge is 2.34. The Labute approximate surface area is 206 Å². The van der Waals surface area contributed by atoms with Crippen molar-refractivity contribution in [2.45, 2.75) is 32.0 Å². The zero-order valence-electron chi connectivity index (χ0n) is 18.9. The van der Waals surface area contributed by atoms with E-state index in [2.05, 4.69) is 4.98 Å². The zero-order valence-corrected chi connectivity index (χ0v) is 19.7. The molecule has 4 rings (SSSR count). The van der Waals surface area contributed by atoms with E-state index >= 15 is 0 Å². The summed E-state index contributed by atoms with van der Waals surface area (Å²) in [4.78, 5) is 41.1. The van der Waals surface area contributed by atoms with Crippen LogP contribution in [-0.4, -0.2) is 41.7 Å². The summed E-state index contributed by atoms with van der Waals surface area (Å²) in [5.41, 5.74) is -2.68. The van der Waals surface area contributed by atoms with Crippen LogP contribution in [0.2, 0.25) is 0 Å². The zero-order chi connectivity index (χ0) is 26.0. The SMILES string of the molecule is CCOc1ccc(C(=O)OC2CCN(c3nc(=O)c4cc(C(F)(F)F)cc([N+](=O)[O-])c4s3)CC2)cc1. The summed E-state index contributed by atoms with van der Waals surface area (Å²) in [6, 6.07) is 7.57. The Morgan fingerprint density at radius 1 is 1.22 bits per heavy atom. The fourth-order valence-corrected chi connectivity index (χ4v) is 4.93. The number of hydrogen-bond acceptors (Lipinski definition) is 9. The largest absolute Gasteiger partial charge is 0.494 e. The van der Waals surface area contributed by atoms with E-state index in [4.69, 9.17) is 9.47 Å². The first-order chi connectivity index (χ1) is 17.1. The van der Waals surface area contributed by atoms with Gasteiger partial charge >= 0.3 is 12.1 Å². The van der Waals surface area contributed by atoms with Gasteiger partial charge in [0, 0.05) is 32.0 Å². The first-order valence-electron chi connectivity index (χ1n) is 11.0. The molecular formula is C23H20F3N3O6S. The molecule has 0 atom stereocenters. The number of anilines is 1. The van der Waals surface area contributed by atoms with Crippen LogP contribution in [0.4, 0.5) is 24.0 Å². The summed E-state index contributed by atoms with van der Waals surface area (Å²) in [6.45, 7) is 3.03. The topological polar surface area (TPSA) is 112 Å². The maximum atomic E-state index is 13.2. The summed E-state index contributed by atoms with van der Waals surface area (Å²) >= 11 is 0.785. The molecule has 0 aliphatic carbocycles. The second kappa shape index (κ2) is 10.1. The van der Waals surface area contributed by atoms with Gasteiger partial charge in [-0.1, -0.05) is 11.3 Å². The number of fused-ring (bicyclic) bond motifs is 1. The molecule has 0 unspecified atom stereocenters. The number of carbonyl (C=O) groups excluding carboxylic acids is 1. The number of aromatic nitrogens is 1. The molecular weight excluding hydrogens is 503 g/mol. The molecule has 9 nitrogen and oxygen atoms in total. The Morgan fingerprint density at radius 2 is 1.89 bits per heavy atom. The van der Waals surface area contributed by atoms with Crippen LogP contribution >= 0.6 is 11.3 Å². The van der Waals surface area contributed by atoms with Crippen LogP contribution in [0.1, 0.15) is 35.7 Å². The van der Waals surface area contributed by atoms with E-state index < -0.39 is 39.3 Å². The standard InChI is InChI=1S/C23H20F3N3O6S/c1-2-34-15-5-3-13(4-6-15)21(31)35-16-7-9-28(10-8-16)22-27-20(30)17-11-14(23(24,25)26)12-18(29(32)33)19(17)36-22/h3-6,11-12,16H,2,7-10H2,1H3. The Kier molecular flexibility index (Phi) is 7.11. The van der Waals surface area contributed by atoms with Crippen molar-refractivity contribution in [2.75, 3.05) is 24.6 Å². The molecule has 2 heterocycles. The molecule has 0 spiro atoms. The third kappa shape index (κ3) is 5.40. The van der Waals surface area contributed by atoms with Crippen molar-refractivity contribution in [3.8, 4) is 5.75 Å². The van der Waals surface area contributed by atoms with Gasteiger partial charge in [-0.25, -0.2) is 4.79 Å². The number of alkyl halides is 3. The first kappa shape index (κ1) is 25.4. The number of piperidine rings is 1. The van der Waals surface area contributed by atoms with Crippen molar-refractivity contribution >= 4 is 38.2 Å². The Morgan fingerprint density at radius 3 is 2.47 bits per heavy atom. The van der Waals surface area contributed by atoms with Crippen LogP contribution in [0.25, 0.3) is 10.1 Å². The van der Waals surface area contributed by atoms with Crippen LogP contribution in [0.3, 0.4) is 0 Å². The highest BCUT2D eigenvalue weighted by atomic mass is 32.1. The molecule has 0 radical (unpaired) electrons. The lowest BCUT2D eigenvalue weighted by molar-refractivity contribution is -0.383. The van der Waals surface area contributed by atoms with Crippen LogP contribution in [0.15, 0.2) is 41.2 Å². The van der Waals surface area contributed by atoms with E-state index in [1.165, 1.54) is 0 Å². The van der Waals surface area contributed by atoms with E-state index in [1.807, 2.05) is 6.92 Å². The van der Waals surface area contributed by atoms with E-state index in [0.29, 0.717) is 56.0 Å². The van der Waals surface area contributed by atoms with Crippen molar-refractivity contribution in [3.63, 3.8) is 0 Å². The maximum absolute atomic E-state index is 13.2. The van der Waals surface area contributed by atoms with Crippen LogP contribution in [0, 0.1) is 10.1 Å². The number of nitrogens with zero attached hydrogens (tertiary/aromatic N) is 3. The summed E-state index contributed by atoms with van der Waals surface area (Å²) in [5.74, 6) is 0.153. The van der Waals surface area contributed by atoms with Gasteiger partial charge in [0.25, 0.3) is 11.2 Å². The molecule has 2 aromatic carbocycles. The lowest BCUT2D eigenvalue weighted by atomic mass is 10.1. The molecule has 190 valence electrons. The Hall–Kier alpha value is -3.74. The highest BCUT2D eigenvalue weighted by Crippen LogP contribution is 2.38. The molecule has 0 N–H and O–H groups in total. The fourth-order valence-electron chi connectivity index (χ4n) is 3.81. The van der Waals surface area contributed by atoms with Gasteiger partial charge in [0.1, 0.15) is 16.6 Å². The van der Waals surface area contributed by atoms with Gasteiger partial charge in [-0.2, -0.15) is 18.2 Å². The second-order valence-corrected chi connectivity index (χ2v) is 8.96. The van der Waals surface area contributed by atoms with Crippen molar-refractivity contribution in [1.29, 1.82) is 0 Å². The summed E-state index contributed by atoms with van der Waals surface area (Å²) in [7, 11) is 0. The van der Waals surface area contributed by atoms with Gasteiger partial charge in [-0.05, 0) is 37.3 Å². The van der Waals surface area contributed by atoms with Crippen LogP contribution in [-0.2, 0) is 10.9 Å².